The number of nitrogens with zero attached hydrogens (tertiary/aromatic N) is 3. The molecule has 0 spiro atoms. The van der Waals surface area contributed by atoms with Crippen molar-refractivity contribution in [2.45, 2.75) is 12.1 Å². The summed E-state index contributed by atoms with van der Waals surface area (Å²) in [5, 5.41) is 8.85. The summed E-state index contributed by atoms with van der Waals surface area (Å²) < 4.78 is 40.6. The first-order valence-corrected chi connectivity index (χ1v) is 8.75. The lowest BCUT2D eigenvalue weighted by Gasteiger charge is -2.09. The molecule has 1 heterocycles. The van der Waals surface area contributed by atoms with E-state index in [0.717, 1.165) is 17.0 Å². The molecule has 132 valence electrons. The van der Waals surface area contributed by atoms with E-state index in [0.29, 0.717) is 21.7 Å². The Morgan fingerprint density at radius 2 is 1.88 bits per heavy atom. The van der Waals surface area contributed by atoms with Crippen molar-refractivity contribution in [3.8, 4) is 11.8 Å². The van der Waals surface area contributed by atoms with E-state index in [9.17, 15) is 13.2 Å². The van der Waals surface area contributed by atoms with Crippen molar-refractivity contribution in [2.75, 3.05) is 0 Å². The van der Waals surface area contributed by atoms with Crippen molar-refractivity contribution in [1.29, 1.82) is 5.26 Å². The number of nitriles is 1. The van der Waals surface area contributed by atoms with Crippen LogP contribution in [0, 0.1) is 11.3 Å². The number of alkyl halides is 4. The Bertz CT molecular complexity index is 1030. The van der Waals surface area contributed by atoms with Crippen LogP contribution in [0.1, 0.15) is 16.0 Å². The van der Waals surface area contributed by atoms with Gasteiger partial charge in [-0.1, -0.05) is 6.07 Å². The Kier molecular flexibility index (Phi) is 5.16. The largest absolute Gasteiger partial charge is 0.416 e. The third kappa shape index (κ3) is 3.98. The number of halogens is 4. The van der Waals surface area contributed by atoms with Gasteiger partial charge >= 0.3 is 6.18 Å². The Morgan fingerprint density at radius 1 is 1.15 bits per heavy atom. The van der Waals surface area contributed by atoms with Crippen molar-refractivity contribution < 1.29 is 13.2 Å². The zero-order chi connectivity index (χ0) is 18.7. The topological polar surface area (TPSA) is 41.1 Å². The number of aromatic nitrogens is 1. The highest BCUT2D eigenvalue weighted by Gasteiger charge is 2.30. The molecule has 0 N–H and O–H groups in total. The Balaban J connectivity index is 2.12. The summed E-state index contributed by atoms with van der Waals surface area (Å²) in [5.41, 5.74) is 0.709. The van der Waals surface area contributed by atoms with Crippen LogP contribution in [0.2, 0.25) is 0 Å². The van der Waals surface area contributed by atoms with Gasteiger partial charge < -0.3 is 0 Å². The Hall–Kier alpha value is -2.56. The molecule has 0 unspecified atom stereocenters. The first-order valence-electron chi connectivity index (χ1n) is 7.40. The predicted octanol–water partition coefficient (Wildman–Crippen LogP) is 5.40. The summed E-state index contributed by atoms with van der Waals surface area (Å²) in [6.07, 6.45) is -2.75. The monoisotopic (exact) mass is 393 g/mol. The molecule has 3 nitrogen and oxygen atoms in total. The second kappa shape index (κ2) is 7.36. The van der Waals surface area contributed by atoms with Gasteiger partial charge in [0.1, 0.15) is 0 Å². The maximum atomic E-state index is 13.0. The summed E-state index contributed by atoms with van der Waals surface area (Å²) in [5.74, 6) is 0.229. The molecular formula is C18H11ClF3N3S. The lowest BCUT2D eigenvalue weighted by molar-refractivity contribution is -0.137. The molecule has 0 saturated carbocycles. The molecule has 0 atom stereocenters. The molecule has 3 aromatic rings. The van der Waals surface area contributed by atoms with Crippen LogP contribution in [0.15, 0.2) is 59.7 Å². The van der Waals surface area contributed by atoms with Crippen LogP contribution in [-0.4, -0.2) is 4.57 Å². The second-order valence-electron chi connectivity index (χ2n) is 5.30. The van der Waals surface area contributed by atoms with E-state index < -0.39 is 11.7 Å². The third-order valence-electron chi connectivity index (χ3n) is 3.51. The van der Waals surface area contributed by atoms with Crippen molar-refractivity contribution >= 4 is 28.6 Å². The molecule has 0 bridgehead atoms. The Labute approximate surface area is 156 Å². The van der Waals surface area contributed by atoms with Crippen molar-refractivity contribution in [2.24, 2.45) is 4.99 Å². The minimum atomic E-state index is -4.42. The van der Waals surface area contributed by atoms with E-state index >= 15 is 0 Å². The molecule has 26 heavy (non-hydrogen) atoms. The molecule has 3 rings (SSSR count). The summed E-state index contributed by atoms with van der Waals surface area (Å²) in [6.45, 7) is 0. The van der Waals surface area contributed by atoms with E-state index in [1.165, 1.54) is 17.4 Å². The first kappa shape index (κ1) is 18.2. The highest BCUT2D eigenvalue weighted by Crippen LogP contribution is 2.30. The normalized spacial score (nSPS) is 12.2. The third-order valence-corrected chi connectivity index (χ3v) is 4.93. The van der Waals surface area contributed by atoms with Gasteiger partial charge in [0.25, 0.3) is 0 Å². The van der Waals surface area contributed by atoms with Gasteiger partial charge in [-0.25, -0.2) is 4.99 Å². The number of rotatable bonds is 3. The van der Waals surface area contributed by atoms with Crippen LogP contribution in [0.3, 0.4) is 0 Å². The van der Waals surface area contributed by atoms with Crippen molar-refractivity contribution in [3.05, 3.63) is 75.5 Å². The summed E-state index contributed by atoms with van der Waals surface area (Å²) >= 11 is 7.18. The van der Waals surface area contributed by atoms with Gasteiger partial charge in [-0.2, -0.15) is 18.4 Å². The van der Waals surface area contributed by atoms with Crippen molar-refractivity contribution in [1.82, 2.24) is 4.57 Å². The van der Waals surface area contributed by atoms with E-state index in [4.69, 9.17) is 16.9 Å². The standard InChI is InChI=1S/C18H11ClF3N3S/c19-9-16-11-25(15-3-1-2-13(8-15)18(20,21)22)17(26-16)24-14-6-4-12(10-23)5-7-14/h1-8,11H,9H2. The van der Waals surface area contributed by atoms with Gasteiger partial charge in [-0.15, -0.1) is 22.9 Å². The fourth-order valence-electron chi connectivity index (χ4n) is 2.27. The van der Waals surface area contributed by atoms with Gasteiger partial charge in [0.05, 0.1) is 28.8 Å². The molecule has 1 aromatic heterocycles. The number of hydrogen-bond donors (Lipinski definition) is 0. The number of hydrogen-bond acceptors (Lipinski definition) is 3. The molecule has 0 amide bonds. The fraction of sp³-hybridized carbons (Fsp3) is 0.111. The first-order chi connectivity index (χ1) is 12.4. The maximum absolute atomic E-state index is 13.0. The van der Waals surface area contributed by atoms with E-state index in [1.807, 2.05) is 6.07 Å². The molecule has 8 heteroatoms. The van der Waals surface area contributed by atoms with Crippen LogP contribution in [0.5, 0.6) is 0 Å². The van der Waals surface area contributed by atoms with Gasteiger partial charge in [0.15, 0.2) is 4.80 Å². The van der Waals surface area contributed by atoms with Crippen LogP contribution >= 0.6 is 22.9 Å². The lowest BCUT2D eigenvalue weighted by Crippen LogP contribution is -2.13. The molecule has 0 fully saturated rings. The van der Waals surface area contributed by atoms with Crippen LogP contribution in [0.4, 0.5) is 18.9 Å². The second-order valence-corrected chi connectivity index (χ2v) is 6.66. The molecule has 0 aliphatic carbocycles. The van der Waals surface area contributed by atoms with Gasteiger partial charge in [0.2, 0.25) is 0 Å². The number of thiazole rings is 1. The minimum absolute atomic E-state index is 0.229. The van der Waals surface area contributed by atoms with Crippen LogP contribution in [0.25, 0.3) is 5.69 Å². The zero-order valence-corrected chi connectivity index (χ0v) is 14.7. The summed E-state index contributed by atoms with van der Waals surface area (Å²) in [4.78, 5) is 5.75. The van der Waals surface area contributed by atoms with Crippen LogP contribution in [-0.2, 0) is 12.1 Å². The van der Waals surface area contributed by atoms with Gasteiger partial charge in [-0.05, 0) is 42.5 Å². The minimum Gasteiger partial charge on any atom is -0.292 e. The van der Waals surface area contributed by atoms with E-state index in [-0.39, 0.29) is 5.88 Å². The van der Waals surface area contributed by atoms with E-state index in [2.05, 4.69) is 4.99 Å². The van der Waals surface area contributed by atoms with Gasteiger partial charge in [0, 0.05) is 16.8 Å². The molecular weight excluding hydrogens is 383 g/mol. The predicted molar refractivity (Wildman–Crippen MR) is 94.6 cm³/mol. The molecule has 0 aliphatic heterocycles. The van der Waals surface area contributed by atoms with Crippen LogP contribution < -0.4 is 4.80 Å². The lowest BCUT2D eigenvalue weighted by atomic mass is 10.2. The average molecular weight is 394 g/mol. The van der Waals surface area contributed by atoms with Crippen molar-refractivity contribution in [3.63, 3.8) is 0 Å². The highest BCUT2D eigenvalue weighted by molar-refractivity contribution is 7.09. The van der Waals surface area contributed by atoms with Gasteiger partial charge in [-0.3, -0.25) is 4.57 Å². The Morgan fingerprint density at radius 3 is 2.50 bits per heavy atom. The highest BCUT2D eigenvalue weighted by atomic mass is 35.5. The number of benzene rings is 2. The smallest absolute Gasteiger partial charge is 0.292 e. The molecule has 2 aromatic carbocycles. The molecule has 0 saturated heterocycles. The maximum Gasteiger partial charge on any atom is 0.416 e. The molecule has 0 aliphatic rings. The fourth-order valence-corrected chi connectivity index (χ4v) is 3.36. The summed E-state index contributed by atoms with van der Waals surface area (Å²) in [6, 6.07) is 13.7. The zero-order valence-electron chi connectivity index (χ0n) is 13.2. The summed E-state index contributed by atoms with van der Waals surface area (Å²) in [7, 11) is 0. The average Bonchev–Trinajstić information content (AvgIpc) is 3.05. The SMILES string of the molecule is N#Cc1ccc(N=c2sc(CCl)cn2-c2cccc(C(F)(F)F)c2)cc1. The quantitative estimate of drug-likeness (QED) is 0.549. The van der Waals surface area contributed by atoms with E-state index in [1.54, 1.807) is 41.1 Å². The molecule has 0 radical (unpaired) electrons.